The molecule has 1 saturated heterocycles. The number of phenolic OH excluding ortho intramolecular Hbond substituents is 1. The number of hydrogen-bond acceptors (Lipinski definition) is 2. The first kappa shape index (κ1) is 15.4. The molecular weight excluding hydrogens is 318 g/mol. The first-order valence-electron chi connectivity index (χ1n) is 7.39. The van der Waals surface area contributed by atoms with E-state index in [9.17, 15) is 9.90 Å². The first-order chi connectivity index (χ1) is 9.61. The Hall–Kier alpha value is -1.03. The Labute approximate surface area is 129 Å². The molecular formula is C16H22BrNO2. The monoisotopic (exact) mass is 339 g/mol. The Balaban J connectivity index is 2.07. The predicted octanol–water partition coefficient (Wildman–Crippen LogP) is 4.20. The molecule has 4 heteroatoms. The van der Waals surface area contributed by atoms with Crippen molar-refractivity contribution in [1.82, 2.24) is 4.90 Å². The third-order valence-electron chi connectivity index (χ3n) is 4.02. The summed E-state index contributed by atoms with van der Waals surface area (Å²) in [6.07, 6.45) is 5.82. The number of phenols is 1. The fourth-order valence-electron chi connectivity index (χ4n) is 2.92. The van der Waals surface area contributed by atoms with Crippen LogP contribution < -0.4 is 0 Å². The quantitative estimate of drug-likeness (QED) is 0.896. The van der Waals surface area contributed by atoms with Crippen LogP contribution in [-0.2, 0) is 0 Å². The molecule has 1 N–H and O–H groups in total. The van der Waals surface area contributed by atoms with Crippen LogP contribution in [0.25, 0.3) is 0 Å². The van der Waals surface area contributed by atoms with E-state index in [2.05, 4.69) is 22.9 Å². The van der Waals surface area contributed by atoms with Crippen LogP contribution in [0.5, 0.6) is 5.75 Å². The SMILES string of the molecule is CCC[C@H]1CCCN(C(=O)c2cc(Br)ccc2O)CC1. The summed E-state index contributed by atoms with van der Waals surface area (Å²) in [4.78, 5) is 14.4. The molecule has 1 atom stereocenters. The van der Waals surface area contributed by atoms with Crippen molar-refractivity contribution in [1.29, 1.82) is 0 Å². The number of hydrogen-bond donors (Lipinski definition) is 1. The minimum absolute atomic E-state index is 0.0547. The van der Waals surface area contributed by atoms with Gasteiger partial charge in [-0.15, -0.1) is 0 Å². The molecule has 20 heavy (non-hydrogen) atoms. The fourth-order valence-corrected chi connectivity index (χ4v) is 3.28. The zero-order chi connectivity index (χ0) is 14.5. The van der Waals surface area contributed by atoms with Gasteiger partial charge in [0.25, 0.3) is 5.91 Å². The van der Waals surface area contributed by atoms with Crippen LogP contribution in [0, 0.1) is 5.92 Å². The summed E-state index contributed by atoms with van der Waals surface area (Å²) >= 11 is 3.35. The van der Waals surface area contributed by atoms with Gasteiger partial charge in [0.2, 0.25) is 0 Å². The summed E-state index contributed by atoms with van der Waals surface area (Å²) < 4.78 is 0.817. The number of halogens is 1. The molecule has 0 spiro atoms. The van der Waals surface area contributed by atoms with Crippen LogP contribution in [-0.4, -0.2) is 29.0 Å². The molecule has 3 nitrogen and oxygen atoms in total. The first-order valence-corrected chi connectivity index (χ1v) is 8.19. The molecule has 1 aliphatic heterocycles. The molecule has 1 heterocycles. The van der Waals surface area contributed by atoms with Gasteiger partial charge in [-0.1, -0.05) is 35.7 Å². The van der Waals surface area contributed by atoms with Crippen LogP contribution in [0.2, 0.25) is 0 Å². The number of likely N-dealkylation sites (tertiary alicyclic amines) is 1. The van der Waals surface area contributed by atoms with E-state index >= 15 is 0 Å². The Bertz CT molecular complexity index is 476. The molecule has 0 radical (unpaired) electrons. The maximum absolute atomic E-state index is 12.5. The van der Waals surface area contributed by atoms with Gasteiger partial charge >= 0.3 is 0 Å². The number of nitrogens with zero attached hydrogens (tertiary/aromatic N) is 1. The fraction of sp³-hybridized carbons (Fsp3) is 0.562. The van der Waals surface area contributed by atoms with E-state index in [0.29, 0.717) is 5.56 Å². The van der Waals surface area contributed by atoms with Crippen molar-refractivity contribution in [3.05, 3.63) is 28.2 Å². The molecule has 1 fully saturated rings. The van der Waals surface area contributed by atoms with Crippen molar-refractivity contribution < 1.29 is 9.90 Å². The average Bonchev–Trinajstić information content (AvgIpc) is 2.67. The number of amides is 1. The van der Waals surface area contributed by atoms with E-state index in [1.807, 2.05) is 4.90 Å². The Kier molecular flexibility index (Phi) is 5.46. The molecule has 0 unspecified atom stereocenters. The van der Waals surface area contributed by atoms with Crippen molar-refractivity contribution in [2.75, 3.05) is 13.1 Å². The Morgan fingerprint density at radius 3 is 2.95 bits per heavy atom. The highest BCUT2D eigenvalue weighted by Crippen LogP contribution is 2.26. The maximum Gasteiger partial charge on any atom is 0.257 e. The van der Waals surface area contributed by atoms with E-state index in [4.69, 9.17) is 0 Å². The van der Waals surface area contributed by atoms with Gasteiger partial charge in [-0.25, -0.2) is 0 Å². The highest BCUT2D eigenvalue weighted by atomic mass is 79.9. The molecule has 1 amide bonds. The number of carbonyl (C=O) groups is 1. The molecule has 1 aliphatic rings. The molecule has 1 aromatic rings. The second-order valence-corrected chi connectivity index (χ2v) is 6.45. The molecule has 1 aromatic carbocycles. The minimum Gasteiger partial charge on any atom is -0.507 e. The summed E-state index contributed by atoms with van der Waals surface area (Å²) in [6, 6.07) is 5.01. The minimum atomic E-state index is -0.0547. The second kappa shape index (κ2) is 7.11. The summed E-state index contributed by atoms with van der Waals surface area (Å²) in [5.74, 6) is 0.752. The third-order valence-corrected chi connectivity index (χ3v) is 4.51. The van der Waals surface area contributed by atoms with Gasteiger partial charge in [0.1, 0.15) is 5.75 Å². The van der Waals surface area contributed by atoms with Crippen LogP contribution in [0.15, 0.2) is 22.7 Å². The molecule has 0 bridgehead atoms. The number of benzene rings is 1. The number of carbonyl (C=O) groups excluding carboxylic acids is 1. The van der Waals surface area contributed by atoms with E-state index < -0.39 is 0 Å². The topological polar surface area (TPSA) is 40.5 Å². The summed E-state index contributed by atoms with van der Waals surface area (Å²) in [5.41, 5.74) is 0.397. The summed E-state index contributed by atoms with van der Waals surface area (Å²) in [6.45, 7) is 3.81. The molecule has 0 aliphatic carbocycles. The normalized spacial score (nSPS) is 19.7. The Morgan fingerprint density at radius 2 is 2.20 bits per heavy atom. The van der Waals surface area contributed by atoms with Crippen molar-refractivity contribution in [3.63, 3.8) is 0 Å². The van der Waals surface area contributed by atoms with Crippen LogP contribution >= 0.6 is 15.9 Å². The largest absolute Gasteiger partial charge is 0.507 e. The lowest BCUT2D eigenvalue weighted by Gasteiger charge is -2.21. The van der Waals surface area contributed by atoms with Gasteiger partial charge in [-0.05, 0) is 43.4 Å². The summed E-state index contributed by atoms with van der Waals surface area (Å²) in [7, 11) is 0. The Morgan fingerprint density at radius 1 is 1.40 bits per heavy atom. The van der Waals surface area contributed by atoms with E-state index in [1.54, 1.807) is 18.2 Å². The molecule has 2 rings (SSSR count). The van der Waals surface area contributed by atoms with Gasteiger partial charge in [-0.3, -0.25) is 4.79 Å². The predicted molar refractivity (Wildman–Crippen MR) is 84.0 cm³/mol. The number of rotatable bonds is 3. The lowest BCUT2D eigenvalue weighted by atomic mass is 9.96. The summed E-state index contributed by atoms with van der Waals surface area (Å²) in [5, 5.41) is 9.87. The van der Waals surface area contributed by atoms with Gasteiger partial charge in [0.15, 0.2) is 0 Å². The maximum atomic E-state index is 12.5. The van der Waals surface area contributed by atoms with Gasteiger partial charge in [-0.2, -0.15) is 0 Å². The lowest BCUT2D eigenvalue weighted by molar-refractivity contribution is 0.0756. The highest BCUT2D eigenvalue weighted by molar-refractivity contribution is 9.10. The van der Waals surface area contributed by atoms with Crippen molar-refractivity contribution >= 4 is 21.8 Å². The molecule has 0 saturated carbocycles. The molecule has 110 valence electrons. The van der Waals surface area contributed by atoms with Crippen molar-refractivity contribution in [3.8, 4) is 5.75 Å². The zero-order valence-corrected chi connectivity index (χ0v) is 13.5. The standard InChI is InChI=1S/C16H22BrNO2/c1-2-4-12-5-3-9-18(10-8-12)16(20)14-11-13(17)6-7-15(14)19/h6-7,11-12,19H,2-5,8-10H2,1H3/t12-/m0/s1. The van der Waals surface area contributed by atoms with Gasteiger partial charge in [0.05, 0.1) is 5.56 Å². The smallest absolute Gasteiger partial charge is 0.257 e. The molecule has 0 aromatic heterocycles. The number of aromatic hydroxyl groups is 1. The van der Waals surface area contributed by atoms with Crippen molar-refractivity contribution in [2.24, 2.45) is 5.92 Å². The second-order valence-electron chi connectivity index (χ2n) is 5.54. The average molecular weight is 340 g/mol. The van der Waals surface area contributed by atoms with E-state index in [-0.39, 0.29) is 11.7 Å². The van der Waals surface area contributed by atoms with Crippen molar-refractivity contribution in [2.45, 2.75) is 39.0 Å². The zero-order valence-electron chi connectivity index (χ0n) is 11.9. The van der Waals surface area contributed by atoms with Crippen LogP contribution in [0.3, 0.4) is 0 Å². The van der Waals surface area contributed by atoms with Gasteiger partial charge < -0.3 is 10.0 Å². The van der Waals surface area contributed by atoms with Crippen LogP contribution in [0.1, 0.15) is 49.4 Å². The van der Waals surface area contributed by atoms with Crippen LogP contribution in [0.4, 0.5) is 0 Å². The van der Waals surface area contributed by atoms with E-state index in [0.717, 1.165) is 36.3 Å². The highest BCUT2D eigenvalue weighted by Gasteiger charge is 2.23. The lowest BCUT2D eigenvalue weighted by Crippen LogP contribution is -2.32. The van der Waals surface area contributed by atoms with E-state index in [1.165, 1.54) is 19.3 Å². The third kappa shape index (κ3) is 3.75. The van der Waals surface area contributed by atoms with Gasteiger partial charge in [0, 0.05) is 17.6 Å².